The molecule has 0 aromatic heterocycles. The van der Waals surface area contributed by atoms with Crippen molar-refractivity contribution in [3.05, 3.63) is 0 Å². The van der Waals surface area contributed by atoms with Crippen LogP contribution in [-0.2, 0) is 9.09 Å². The Morgan fingerprint density at radius 1 is 1.31 bits per heavy atom. The van der Waals surface area contributed by atoms with Crippen molar-refractivity contribution in [3.8, 4) is 0 Å². The molecule has 0 spiro atoms. The van der Waals surface area contributed by atoms with E-state index in [2.05, 4.69) is 0 Å². The highest BCUT2D eigenvalue weighted by Gasteiger charge is 2.24. The van der Waals surface area contributed by atoms with Crippen LogP contribution in [0.25, 0.3) is 0 Å². The summed E-state index contributed by atoms with van der Waals surface area (Å²) in [4.78, 5) is 0. The second-order valence-electron chi connectivity index (χ2n) is 3.24. The van der Waals surface area contributed by atoms with Gasteiger partial charge in [-0.3, -0.25) is 4.57 Å². The van der Waals surface area contributed by atoms with E-state index in [4.69, 9.17) is 4.52 Å². The molecule has 0 saturated carbocycles. The summed E-state index contributed by atoms with van der Waals surface area (Å²) in [6.07, 6.45) is 2.89. The first-order chi connectivity index (χ1) is 6.05. The van der Waals surface area contributed by atoms with Gasteiger partial charge in [0.15, 0.2) is 0 Å². The molecule has 0 aromatic carbocycles. The summed E-state index contributed by atoms with van der Waals surface area (Å²) >= 11 is 0. The Balaban J connectivity index is 3.97. The fourth-order valence-corrected chi connectivity index (χ4v) is 2.54. The molecule has 0 saturated heterocycles. The second-order valence-corrected chi connectivity index (χ2v) is 5.08. The Kier molecular flexibility index (Phi) is 6.62. The largest absolute Gasteiger partial charge is 0.367 e. The summed E-state index contributed by atoms with van der Waals surface area (Å²) in [6, 6.07) is 0. The van der Waals surface area contributed by atoms with Gasteiger partial charge in [0.1, 0.15) is 0 Å². The van der Waals surface area contributed by atoms with Gasteiger partial charge >= 0.3 is 7.68 Å². The molecule has 0 aliphatic heterocycles. The van der Waals surface area contributed by atoms with Gasteiger partial charge in [0.25, 0.3) is 0 Å². The maximum Gasteiger partial charge on any atom is 0.367 e. The average Bonchev–Trinajstić information content (AvgIpc) is 2.03. The molecular weight excluding hydrogens is 190 g/mol. The Morgan fingerprint density at radius 3 is 2.31 bits per heavy atom. The van der Waals surface area contributed by atoms with Gasteiger partial charge in [-0.15, -0.1) is 0 Å². The molecule has 0 radical (unpaired) electrons. The molecule has 2 unspecified atom stereocenters. The summed E-state index contributed by atoms with van der Waals surface area (Å²) in [6.45, 7) is 5.73. The predicted molar refractivity (Wildman–Crippen MR) is 53.9 cm³/mol. The third kappa shape index (κ3) is 6.23. The Bertz CT molecular complexity index is 173. The van der Waals surface area contributed by atoms with E-state index in [1.165, 1.54) is 0 Å². The van der Waals surface area contributed by atoms with Crippen molar-refractivity contribution in [2.45, 2.75) is 52.6 Å². The third-order valence-electron chi connectivity index (χ3n) is 1.86. The molecule has 4 heteroatoms. The van der Waals surface area contributed by atoms with Crippen molar-refractivity contribution >= 4 is 7.68 Å². The van der Waals surface area contributed by atoms with Gasteiger partial charge in [0.2, 0.25) is 0 Å². The van der Waals surface area contributed by atoms with Gasteiger partial charge in [-0.25, -0.2) is 0 Å². The number of rotatable bonds is 7. The Hall–Kier alpha value is 0.120. The van der Waals surface area contributed by atoms with Crippen LogP contribution in [0.2, 0.25) is 0 Å². The molecule has 0 aromatic rings. The second kappa shape index (κ2) is 6.56. The first-order valence-corrected chi connectivity index (χ1v) is 6.72. The van der Waals surface area contributed by atoms with E-state index in [-0.39, 0.29) is 12.3 Å². The first kappa shape index (κ1) is 13.1. The van der Waals surface area contributed by atoms with E-state index in [0.717, 1.165) is 19.3 Å². The van der Waals surface area contributed by atoms with Crippen molar-refractivity contribution in [1.82, 2.24) is 0 Å². The van der Waals surface area contributed by atoms with E-state index >= 15 is 0 Å². The zero-order valence-electron chi connectivity index (χ0n) is 8.75. The zero-order chi connectivity index (χ0) is 10.3. The molecule has 0 amide bonds. The highest BCUT2D eigenvalue weighted by molar-refractivity contribution is 7.53. The van der Waals surface area contributed by atoms with Crippen molar-refractivity contribution in [3.63, 3.8) is 0 Å². The molecule has 0 aliphatic rings. The Morgan fingerprint density at radius 2 is 1.92 bits per heavy atom. The van der Waals surface area contributed by atoms with Gasteiger partial charge in [-0.05, 0) is 19.3 Å². The fraction of sp³-hybridized carbons (Fsp3) is 1.00. The van der Waals surface area contributed by atoms with Gasteiger partial charge in [0, 0.05) is 0 Å². The van der Waals surface area contributed by atoms with Crippen LogP contribution in [-0.4, -0.2) is 12.3 Å². The molecule has 0 aliphatic carbocycles. The van der Waals surface area contributed by atoms with Crippen molar-refractivity contribution < 1.29 is 13.3 Å². The molecule has 0 N–H and O–H groups in total. The summed E-state index contributed by atoms with van der Waals surface area (Å²) in [7, 11) is -3.79. The average molecular weight is 210 g/mol. The van der Waals surface area contributed by atoms with Crippen LogP contribution < -0.4 is 0 Å². The highest BCUT2D eigenvalue weighted by atomic mass is 31.2. The summed E-state index contributed by atoms with van der Waals surface area (Å²) < 4.78 is 29.3. The zero-order valence-corrected chi connectivity index (χ0v) is 9.65. The number of hydrogen-bond acceptors (Lipinski definition) is 2. The molecular formula is C9H20FO2P. The normalized spacial score (nSPS) is 18.2. The summed E-state index contributed by atoms with van der Waals surface area (Å²) in [5.74, 6) is 0. The standard InChI is InChI=1S/C9H20FO2P/c1-4-7-9(6-3)12-13(10,11)8-5-2/h9H,4-8H2,1-3H3. The van der Waals surface area contributed by atoms with E-state index in [0.29, 0.717) is 6.42 Å². The van der Waals surface area contributed by atoms with Crippen LogP contribution in [0.1, 0.15) is 46.5 Å². The van der Waals surface area contributed by atoms with Crippen LogP contribution in [0.4, 0.5) is 4.20 Å². The number of hydrogen-bond donors (Lipinski definition) is 0. The molecule has 0 fully saturated rings. The van der Waals surface area contributed by atoms with E-state index in [9.17, 15) is 8.76 Å². The lowest BCUT2D eigenvalue weighted by atomic mass is 10.2. The SMILES string of the molecule is CCCC(CC)OP(=O)(F)CCC. The van der Waals surface area contributed by atoms with E-state index < -0.39 is 7.68 Å². The lowest BCUT2D eigenvalue weighted by molar-refractivity contribution is 0.173. The maximum absolute atomic E-state index is 13.2. The third-order valence-corrected chi connectivity index (χ3v) is 3.46. The molecule has 0 rings (SSSR count). The van der Waals surface area contributed by atoms with E-state index in [1.807, 2.05) is 13.8 Å². The van der Waals surface area contributed by atoms with Gasteiger partial charge in [-0.1, -0.05) is 27.2 Å². The van der Waals surface area contributed by atoms with Crippen LogP contribution in [0, 0.1) is 0 Å². The predicted octanol–water partition coefficient (Wildman–Crippen LogP) is 4.15. The van der Waals surface area contributed by atoms with Crippen molar-refractivity contribution in [2.24, 2.45) is 0 Å². The van der Waals surface area contributed by atoms with Gasteiger partial charge < -0.3 is 4.52 Å². The summed E-state index contributed by atoms with van der Waals surface area (Å²) in [5.41, 5.74) is 0. The topological polar surface area (TPSA) is 26.3 Å². The minimum atomic E-state index is -3.79. The fourth-order valence-electron chi connectivity index (χ4n) is 1.20. The minimum absolute atomic E-state index is 0.0488. The van der Waals surface area contributed by atoms with Gasteiger partial charge in [0.05, 0.1) is 12.3 Å². The highest BCUT2D eigenvalue weighted by Crippen LogP contribution is 2.50. The molecule has 0 heterocycles. The summed E-state index contributed by atoms with van der Waals surface area (Å²) in [5, 5.41) is 0. The van der Waals surface area contributed by atoms with Gasteiger partial charge in [-0.2, -0.15) is 4.20 Å². The molecule has 2 nitrogen and oxygen atoms in total. The van der Waals surface area contributed by atoms with Crippen LogP contribution in [0.3, 0.4) is 0 Å². The van der Waals surface area contributed by atoms with E-state index in [1.54, 1.807) is 6.92 Å². The lowest BCUT2D eigenvalue weighted by Gasteiger charge is -2.17. The molecule has 80 valence electrons. The first-order valence-electron chi connectivity index (χ1n) is 5.02. The smallest absolute Gasteiger partial charge is 0.302 e. The monoisotopic (exact) mass is 210 g/mol. The number of halogens is 1. The minimum Gasteiger partial charge on any atom is -0.302 e. The van der Waals surface area contributed by atoms with Crippen molar-refractivity contribution in [2.75, 3.05) is 6.16 Å². The van der Waals surface area contributed by atoms with Crippen molar-refractivity contribution in [1.29, 1.82) is 0 Å². The van der Waals surface area contributed by atoms with Crippen LogP contribution in [0.15, 0.2) is 0 Å². The van der Waals surface area contributed by atoms with Crippen LogP contribution in [0.5, 0.6) is 0 Å². The molecule has 13 heavy (non-hydrogen) atoms. The lowest BCUT2D eigenvalue weighted by Crippen LogP contribution is -2.09. The van der Waals surface area contributed by atoms with Crippen LogP contribution >= 0.6 is 7.68 Å². The maximum atomic E-state index is 13.2. The molecule has 2 atom stereocenters. The quantitative estimate of drug-likeness (QED) is 0.590. The molecule has 0 bridgehead atoms. The Labute approximate surface area is 80.4 Å².